The molecule has 31 heavy (non-hydrogen) atoms. The van der Waals surface area contributed by atoms with E-state index in [1.807, 2.05) is 36.4 Å². The molecule has 1 atom stereocenters. The number of carbonyl (C=O) groups is 2. The second kappa shape index (κ2) is 8.96. The minimum Gasteiger partial charge on any atom is -0.480 e. The van der Waals surface area contributed by atoms with Gasteiger partial charge in [-0.05, 0) is 40.4 Å². The van der Waals surface area contributed by atoms with Crippen molar-refractivity contribution in [2.45, 2.75) is 49.9 Å². The van der Waals surface area contributed by atoms with Gasteiger partial charge in [0.25, 0.3) is 0 Å². The van der Waals surface area contributed by atoms with Crippen LogP contribution in [0.15, 0.2) is 53.3 Å². The smallest absolute Gasteiger partial charge is 0.410 e. The van der Waals surface area contributed by atoms with Crippen molar-refractivity contribution in [3.8, 4) is 0 Å². The monoisotopic (exact) mass is 488 g/mol. The number of benzene rings is 1. The summed E-state index contributed by atoms with van der Waals surface area (Å²) in [5.74, 6) is -1.05. The van der Waals surface area contributed by atoms with Crippen LogP contribution in [0.4, 0.5) is 4.79 Å². The Balaban J connectivity index is 1.64. The van der Waals surface area contributed by atoms with E-state index in [0.717, 1.165) is 36.8 Å². The molecule has 2 fully saturated rings. The van der Waals surface area contributed by atoms with Crippen molar-refractivity contribution in [3.05, 3.63) is 64.4 Å². The van der Waals surface area contributed by atoms with Gasteiger partial charge >= 0.3 is 12.1 Å². The predicted molar refractivity (Wildman–Crippen MR) is 116 cm³/mol. The van der Waals surface area contributed by atoms with Crippen molar-refractivity contribution >= 4 is 28.0 Å². The van der Waals surface area contributed by atoms with Crippen LogP contribution in [-0.2, 0) is 26.5 Å². The largest absolute Gasteiger partial charge is 0.480 e. The summed E-state index contributed by atoms with van der Waals surface area (Å²) >= 11 is 3.49. The van der Waals surface area contributed by atoms with Crippen molar-refractivity contribution in [3.63, 3.8) is 0 Å². The van der Waals surface area contributed by atoms with Gasteiger partial charge in [0.05, 0.1) is 6.54 Å². The number of pyridine rings is 1. The van der Waals surface area contributed by atoms with Crippen molar-refractivity contribution in [2.75, 3.05) is 13.2 Å². The Morgan fingerprint density at radius 3 is 2.55 bits per heavy atom. The van der Waals surface area contributed by atoms with Crippen LogP contribution in [0, 0.1) is 0 Å². The number of ether oxygens (including phenoxy) is 2. The molecular formula is C23H25BrN2O5. The van der Waals surface area contributed by atoms with Crippen molar-refractivity contribution in [1.29, 1.82) is 0 Å². The van der Waals surface area contributed by atoms with E-state index in [1.165, 1.54) is 0 Å². The molecule has 1 aliphatic heterocycles. The van der Waals surface area contributed by atoms with E-state index >= 15 is 0 Å². The highest BCUT2D eigenvalue weighted by molar-refractivity contribution is 9.10. The molecule has 1 amide bonds. The first-order chi connectivity index (χ1) is 14.9. The van der Waals surface area contributed by atoms with Crippen LogP contribution in [0.2, 0.25) is 0 Å². The Kier molecular flexibility index (Phi) is 6.29. The molecule has 7 nitrogen and oxygen atoms in total. The molecule has 2 heterocycles. The summed E-state index contributed by atoms with van der Waals surface area (Å²) in [6.07, 6.45) is 5.46. The first-order valence-corrected chi connectivity index (χ1v) is 11.2. The third kappa shape index (κ3) is 4.45. The van der Waals surface area contributed by atoms with Gasteiger partial charge in [0.2, 0.25) is 0 Å². The quantitative estimate of drug-likeness (QED) is 0.602. The molecule has 8 heteroatoms. The molecule has 1 saturated carbocycles. The van der Waals surface area contributed by atoms with E-state index in [0.29, 0.717) is 11.0 Å². The van der Waals surface area contributed by atoms with Gasteiger partial charge in [-0.1, -0.05) is 49.2 Å². The fraction of sp³-hybridized carbons (Fsp3) is 0.435. The number of amides is 1. The van der Waals surface area contributed by atoms with Crippen LogP contribution in [0.5, 0.6) is 0 Å². The van der Waals surface area contributed by atoms with Gasteiger partial charge in [-0.25, -0.2) is 14.6 Å². The number of nitrogens with zero attached hydrogens (tertiary/aromatic N) is 2. The molecule has 2 aliphatic rings. The highest BCUT2D eigenvalue weighted by atomic mass is 79.9. The Morgan fingerprint density at radius 1 is 1.13 bits per heavy atom. The van der Waals surface area contributed by atoms with E-state index < -0.39 is 29.8 Å². The number of hydrogen-bond donors (Lipinski definition) is 1. The number of aliphatic carboxylic acids is 1. The topological polar surface area (TPSA) is 89.0 Å². The van der Waals surface area contributed by atoms with Crippen molar-refractivity contribution in [2.24, 2.45) is 0 Å². The second-order valence-electron chi connectivity index (χ2n) is 8.25. The SMILES string of the molecule is O=C(O)COC1(c2cccnc2Br)CN(C(=O)OCc2ccccc2)C2(CCCC2)C1. The molecule has 1 aliphatic carbocycles. The van der Waals surface area contributed by atoms with E-state index in [2.05, 4.69) is 20.9 Å². The minimum atomic E-state index is -1.05. The van der Waals surface area contributed by atoms with Crippen LogP contribution in [-0.4, -0.2) is 45.7 Å². The number of aromatic nitrogens is 1. The molecule has 1 N–H and O–H groups in total. The number of halogens is 1. The van der Waals surface area contributed by atoms with Crippen LogP contribution in [0.25, 0.3) is 0 Å². The van der Waals surface area contributed by atoms with E-state index in [1.54, 1.807) is 17.2 Å². The van der Waals surface area contributed by atoms with Gasteiger partial charge in [-0.2, -0.15) is 0 Å². The maximum Gasteiger partial charge on any atom is 0.410 e. The maximum atomic E-state index is 13.2. The lowest BCUT2D eigenvalue weighted by Gasteiger charge is -2.33. The maximum absolute atomic E-state index is 13.2. The van der Waals surface area contributed by atoms with Crippen LogP contribution >= 0.6 is 15.9 Å². The molecule has 164 valence electrons. The lowest BCUT2D eigenvalue weighted by Crippen LogP contribution is -2.45. The fourth-order valence-electron chi connectivity index (χ4n) is 4.92. The normalized spacial score (nSPS) is 22.0. The number of carboxylic acid groups (broad SMARTS) is 1. The van der Waals surface area contributed by atoms with E-state index in [4.69, 9.17) is 9.47 Å². The lowest BCUT2D eigenvalue weighted by atomic mass is 9.84. The van der Waals surface area contributed by atoms with Gasteiger partial charge in [-0.3, -0.25) is 4.90 Å². The molecule has 1 spiro atoms. The number of hydrogen-bond acceptors (Lipinski definition) is 5. The highest BCUT2D eigenvalue weighted by Crippen LogP contribution is 2.53. The zero-order chi connectivity index (χ0) is 21.9. The molecule has 1 aromatic carbocycles. The number of likely N-dealkylation sites (tertiary alicyclic amines) is 1. The summed E-state index contributed by atoms with van der Waals surface area (Å²) in [5, 5.41) is 9.29. The fourth-order valence-corrected chi connectivity index (χ4v) is 5.53. The standard InChI is InChI=1S/C23H25BrN2O5/c24-20-18(9-6-12-25-20)23(31-14-19(27)28)15-22(10-4-5-11-22)26(16-23)21(29)30-13-17-7-2-1-3-8-17/h1-3,6-9,12H,4-5,10-11,13-16H2,(H,27,28). The van der Waals surface area contributed by atoms with Crippen molar-refractivity contribution in [1.82, 2.24) is 9.88 Å². The molecular weight excluding hydrogens is 464 g/mol. The molecule has 0 radical (unpaired) electrons. The van der Waals surface area contributed by atoms with Crippen LogP contribution < -0.4 is 0 Å². The molecule has 1 unspecified atom stereocenters. The Morgan fingerprint density at radius 2 is 1.87 bits per heavy atom. The van der Waals surface area contributed by atoms with Crippen LogP contribution in [0.1, 0.15) is 43.2 Å². The summed E-state index contributed by atoms with van der Waals surface area (Å²) in [6.45, 7) is -0.0473. The van der Waals surface area contributed by atoms with Gasteiger partial charge < -0.3 is 14.6 Å². The average molecular weight is 489 g/mol. The Bertz CT molecular complexity index is 948. The van der Waals surface area contributed by atoms with Gasteiger partial charge in [-0.15, -0.1) is 0 Å². The second-order valence-corrected chi connectivity index (χ2v) is 9.00. The van der Waals surface area contributed by atoms with Gasteiger partial charge in [0.1, 0.15) is 23.4 Å². The summed E-state index contributed by atoms with van der Waals surface area (Å²) < 4.78 is 12.3. The molecule has 1 saturated heterocycles. The third-order valence-electron chi connectivity index (χ3n) is 6.28. The zero-order valence-corrected chi connectivity index (χ0v) is 18.7. The first kappa shape index (κ1) is 21.8. The lowest BCUT2D eigenvalue weighted by molar-refractivity contribution is -0.150. The summed E-state index contributed by atoms with van der Waals surface area (Å²) in [6, 6.07) is 13.2. The average Bonchev–Trinajstić information content (AvgIpc) is 3.37. The Labute approximate surface area is 189 Å². The van der Waals surface area contributed by atoms with Crippen molar-refractivity contribution < 1.29 is 24.2 Å². The predicted octanol–water partition coefficient (Wildman–Crippen LogP) is 4.50. The zero-order valence-electron chi connectivity index (χ0n) is 17.1. The van der Waals surface area contributed by atoms with E-state index in [9.17, 15) is 14.7 Å². The third-order valence-corrected chi connectivity index (χ3v) is 6.91. The molecule has 4 rings (SSSR count). The van der Waals surface area contributed by atoms with Gasteiger partial charge in [0, 0.05) is 23.7 Å². The number of rotatable bonds is 6. The summed E-state index contributed by atoms with van der Waals surface area (Å²) in [7, 11) is 0. The number of carbonyl (C=O) groups excluding carboxylic acids is 1. The molecule has 1 aromatic heterocycles. The molecule has 0 bridgehead atoms. The van der Waals surface area contributed by atoms with Gasteiger partial charge in [0.15, 0.2) is 0 Å². The molecule has 2 aromatic rings. The summed E-state index contributed by atoms with van der Waals surface area (Å²) in [5.41, 5.74) is 0.281. The highest BCUT2D eigenvalue weighted by Gasteiger charge is 2.58. The van der Waals surface area contributed by atoms with E-state index in [-0.39, 0.29) is 13.2 Å². The van der Waals surface area contributed by atoms with Crippen LogP contribution in [0.3, 0.4) is 0 Å². The first-order valence-electron chi connectivity index (χ1n) is 10.4. The Hall–Kier alpha value is -2.45. The minimum absolute atomic E-state index is 0.186. The summed E-state index contributed by atoms with van der Waals surface area (Å²) in [4.78, 5) is 30.7. The number of carboxylic acids is 1.